The second-order valence-electron chi connectivity index (χ2n) is 9.59. The summed E-state index contributed by atoms with van der Waals surface area (Å²) in [7, 11) is 2.29. The first-order valence-corrected chi connectivity index (χ1v) is 11.6. The molecule has 0 spiro atoms. The number of aryl methyl sites for hydroxylation is 1. The molecule has 158 valence electrons. The van der Waals surface area contributed by atoms with Crippen LogP contribution in [-0.2, 0) is 24.1 Å². The maximum absolute atomic E-state index is 5.85. The van der Waals surface area contributed by atoms with Crippen LogP contribution in [0.2, 0.25) is 0 Å². The van der Waals surface area contributed by atoms with E-state index in [0.717, 1.165) is 32.7 Å². The summed E-state index contributed by atoms with van der Waals surface area (Å²) in [6, 6.07) is 12.7. The van der Waals surface area contributed by atoms with E-state index in [1.54, 1.807) is 5.56 Å². The Morgan fingerprint density at radius 2 is 2.17 bits per heavy atom. The number of nitrogens with one attached hydrogen (secondary N) is 1. The summed E-state index contributed by atoms with van der Waals surface area (Å²) in [5.74, 6) is 0. The number of fused-ring (bicyclic) bond motifs is 4. The molecule has 0 saturated carbocycles. The van der Waals surface area contributed by atoms with E-state index < -0.39 is 0 Å². The van der Waals surface area contributed by atoms with Crippen molar-refractivity contribution in [2.24, 2.45) is 0 Å². The first-order valence-electron chi connectivity index (χ1n) is 11.6. The lowest BCUT2D eigenvalue weighted by molar-refractivity contribution is 0.0990. The van der Waals surface area contributed by atoms with Crippen LogP contribution in [0.1, 0.15) is 47.7 Å². The molecular weight excluding hydrogens is 372 g/mol. The molecule has 2 bridgehead atoms. The van der Waals surface area contributed by atoms with Gasteiger partial charge in [0.1, 0.15) is 0 Å². The van der Waals surface area contributed by atoms with Gasteiger partial charge in [-0.1, -0.05) is 18.2 Å². The fourth-order valence-corrected chi connectivity index (χ4v) is 6.18. The minimum atomic E-state index is 0.438. The monoisotopic (exact) mass is 404 g/mol. The van der Waals surface area contributed by atoms with Gasteiger partial charge in [-0.3, -0.25) is 9.88 Å². The van der Waals surface area contributed by atoms with Gasteiger partial charge in [-0.05, 0) is 68.0 Å². The number of ether oxygens (including phenoxy) is 1. The molecule has 4 atom stereocenters. The third kappa shape index (κ3) is 3.24. The third-order valence-corrected chi connectivity index (χ3v) is 7.70. The minimum absolute atomic E-state index is 0.438. The van der Waals surface area contributed by atoms with Crippen molar-refractivity contribution in [2.45, 2.75) is 62.9 Å². The topological polar surface area (TPSA) is 40.6 Å². The highest BCUT2D eigenvalue weighted by molar-refractivity contribution is 5.60. The van der Waals surface area contributed by atoms with Gasteiger partial charge < -0.3 is 15.0 Å². The van der Waals surface area contributed by atoms with E-state index in [4.69, 9.17) is 9.72 Å². The van der Waals surface area contributed by atoms with E-state index >= 15 is 0 Å². The Kier molecular flexibility index (Phi) is 4.78. The van der Waals surface area contributed by atoms with E-state index in [1.807, 2.05) is 6.20 Å². The molecule has 2 fully saturated rings. The molecular formula is C25H32N4O. The van der Waals surface area contributed by atoms with Crippen LogP contribution in [0.25, 0.3) is 0 Å². The van der Waals surface area contributed by atoms with Gasteiger partial charge in [0.05, 0.1) is 30.5 Å². The number of morpholine rings is 1. The van der Waals surface area contributed by atoms with Crippen LogP contribution in [0.3, 0.4) is 0 Å². The lowest BCUT2D eigenvalue weighted by Crippen LogP contribution is -2.46. The lowest BCUT2D eigenvalue weighted by Gasteiger charge is -2.38. The summed E-state index contributed by atoms with van der Waals surface area (Å²) in [5, 5.41) is 3.82. The predicted molar refractivity (Wildman–Crippen MR) is 119 cm³/mol. The Labute approximate surface area is 179 Å². The van der Waals surface area contributed by atoms with Gasteiger partial charge in [-0.15, -0.1) is 0 Å². The highest BCUT2D eigenvalue weighted by Crippen LogP contribution is 2.37. The van der Waals surface area contributed by atoms with Crippen LogP contribution in [-0.4, -0.2) is 54.8 Å². The van der Waals surface area contributed by atoms with Crippen molar-refractivity contribution in [3.63, 3.8) is 0 Å². The molecule has 5 heteroatoms. The van der Waals surface area contributed by atoms with E-state index in [-0.39, 0.29) is 0 Å². The smallest absolute Gasteiger partial charge is 0.0771 e. The Bertz CT molecular complexity index is 931. The standard InChI is InChI=1S/C25H32N4O/c1-28(24-9-2-5-17-7-4-10-26-25(17)24)14-19-11-22-18(13-27-19)6-3-8-23(22)29-15-21-12-20(29)16-30-21/h3-4,6-8,10,19-21,24,27H,2,5,9,11-16H2,1H3/t19-,20-,21-,24+/m1/s1. The molecule has 3 aliphatic heterocycles. The number of likely N-dealkylation sites (N-methyl/N-ethyl adjacent to an activating group) is 1. The Morgan fingerprint density at radius 3 is 3.03 bits per heavy atom. The van der Waals surface area contributed by atoms with E-state index in [2.05, 4.69) is 52.5 Å². The van der Waals surface area contributed by atoms with Crippen molar-refractivity contribution in [3.8, 4) is 0 Å². The van der Waals surface area contributed by atoms with Gasteiger partial charge in [-0.25, -0.2) is 0 Å². The van der Waals surface area contributed by atoms with Gasteiger partial charge >= 0.3 is 0 Å². The first-order chi connectivity index (χ1) is 14.8. The van der Waals surface area contributed by atoms with E-state index in [9.17, 15) is 0 Å². The van der Waals surface area contributed by atoms with E-state index in [0.29, 0.717) is 24.2 Å². The van der Waals surface area contributed by atoms with Gasteiger partial charge in [0.2, 0.25) is 0 Å². The summed E-state index contributed by atoms with van der Waals surface area (Å²) in [6.45, 7) is 3.99. The second kappa shape index (κ2) is 7.63. The van der Waals surface area contributed by atoms with Crippen LogP contribution in [0.15, 0.2) is 36.5 Å². The molecule has 2 saturated heterocycles. The van der Waals surface area contributed by atoms with Crippen LogP contribution in [0, 0.1) is 0 Å². The van der Waals surface area contributed by atoms with Crippen molar-refractivity contribution in [1.82, 2.24) is 15.2 Å². The molecule has 1 aromatic heterocycles. The number of hydrogen-bond acceptors (Lipinski definition) is 5. The molecule has 0 unspecified atom stereocenters. The fourth-order valence-electron chi connectivity index (χ4n) is 6.18. The molecule has 4 heterocycles. The largest absolute Gasteiger partial charge is 0.374 e. The Morgan fingerprint density at radius 1 is 1.23 bits per heavy atom. The average Bonchev–Trinajstić information content (AvgIpc) is 3.42. The van der Waals surface area contributed by atoms with Crippen molar-refractivity contribution in [1.29, 1.82) is 0 Å². The normalized spacial score (nSPS) is 29.9. The lowest BCUT2D eigenvalue weighted by atomic mass is 9.89. The minimum Gasteiger partial charge on any atom is -0.374 e. The van der Waals surface area contributed by atoms with Crippen LogP contribution in [0.4, 0.5) is 5.69 Å². The molecule has 4 aliphatic rings. The average molecular weight is 405 g/mol. The second-order valence-corrected chi connectivity index (χ2v) is 9.59. The van der Waals surface area contributed by atoms with Crippen LogP contribution in [0.5, 0.6) is 0 Å². The molecule has 0 radical (unpaired) electrons. The van der Waals surface area contributed by atoms with Gasteiger partial charge in [-0.2, -0.15) is 0 Å². The number of nitrogens with zero attached hydrogens (tertiary/aromatic N) is 3. The summed E-state index contributed by atoms with van der Waals surface area (Å²) < 4.78 is 5.85. The number of aromatic nitrogens is 1. The summed E-state index contributed by atoms with van der Waals surface area (Å²) in [5.41, 5.74) is 7.23. The summed E-state index contributed by atoms with van der Waals surface area (Å²) >= 11 is 0. The maximum Gasteiger partial charge on any atom is 0.0771 e. The zero-order valence-electron chi connectivity index (χ0n) is 17.9. The summed E-state index contributed by atoms with van der Waals surface area (Å²) in [4.78, 5) is 9.93. The number of rotatable bonds is 4. The van der Waals surface area contributed by atoms with Gasteiger partial charge in [0.15, 0.2) is 0 Å². The van der Waals surface area contributed by atoms with Gasteiger partial charge in [0, 0.05) is 37.6 Å². The zero-order valence-corrected chi connectivity index (χ0v) is 17.9. The van der Waals surface area contributed by atoms with Crippen LogP contribution >= 0.6 is 0 Å². The van der Waals surface area contributed by atoms with Crippen molar-refractivity contribution < 1.29 is 4.74 Å². The molecule has 1 aromatic carbocycles. The zero-order chi connectivity index (χ0) is 20.1. The predicted octanol–water partition coefficient (Wildman–Crippen LogP) is 3.08. The number of benzene rings is 1. The van der Waals surface area contributed by atoms with E-state index in [1.165, 1.54) is 48.2 Å². The Balaban J connectivity index is 1.20. The quantitative estimate of drug-likeness (QED) is 0.848. The Hall–Kier alpha value is -1.95. The number of anilines is 1. The molecule has 1 N–H and O–H groups in total. The first kappa shape index (κ1) is 18.8. The molecule has 6 rings (SSSR count). The molecule has 5 nitrogen and oxygen atoms in total. The molecule has 30 heavy (non-hydrogen) atoms. The van der Waals surface area contributed by atoms with Crippen molar-refractivity contribution in [3.05, 3.63) is 58.9 Å². The summed E-state index contributed by atoms with van der Waals surface area (Å²) in [6.07, 6.45) is 8.35. The van der Waals surface area contributed by atoms with Crippen molar-refractivity contribution in [2.75, 3.05) is 31.6 Å². The number of pyridine rings is 1. The molecule has 1 aliphatic carbocycles. The van der Waals surface area contributed by atoms with Crippen molar-refractivity contribution >= 4 is 5.69 Å². The third-order valence-electron chi connectivity index (χ3n) is 7.70. The van der Waals surface area contributed by atoms with Gasteiger partial charge in [0.25, 0.3) is 0 Å². The maximum atomic E-state index is 5.85. The molecule has 0 amide bonds. The van der Waals surface area contributed by atoms with Crippen LogP contribution < -0.4 is 10.2 Å². The highest BCUT2D eigenvalue weighted by atomic mass is 16.5. The molecule has 2 aromatic rings. The SMILES string of the molecule is CN(C[C@H]1Cc2c(cccc2N2C[C@H]3C[C@@H]2CO3)CN1)[C@H]1CCCc2cccnc21. The number of hydrogen-bond donors (Lipinski definition) is 1. The fraction of sp³-hybridized carbons (Fsp3) is 0.560. The highest BCUT2D eigenvalue weighted by Gasteiger charge is 2.40.